The van der Waals surface area contributed by atoms with Gasteiger partial charge in [0.15, 0.2) is 12.3 Å². The van der Waals surface area contributed by atoms with Crippen molar-refractivity contribution in [2.45, 2.75) is 198 Å². The lowest BCUT2D eigenvalue weighted by Gasteiger charge is -2.21. The first-order chi connectivity index (χ1) is 35.1. The van der Waals surface area contributed by atoms with Crippen LogP contribution in [0.15, 0.2) is 90.0 Å². The first kappa shape index (κ1) is 65.3. The number of phosphoric ester groups is 2. The number of phosphoric acid groups is 2. The minimum Gasteiger partial charge on any atom is -0.462 e. The summed E-state index contributed by atoms with van der Waals surface area (Å²) in [4.78, 5) is 61.9. The van der Waals surface area contributed by atoms with E-state index in [4.69, 9.17) is 29.0 Å². The van der Waals surface area contributed by atoms with Gasteiger partial charge in [-0.15, -0.1) is 0 Å². The molecule has 21 heteroatoms. The van der Waals surface area contributed by atoms with E-state index in [1.165, 1.54) is 44.6 Å². The predicted molar refractivity (Wildman–Crippen MR) is 281 cm³/mol. The van der Waals surface area contributed by atoms with Crippen molar-refractivity contribution < 1.29 is 71.4 Å². The van der Waals surface area contributed by atoms with E-state index in [9.17, 15) is 48.6 Å². The Kier molecular flexibility index (Phi) is 35.4. The molecule has 1 aromatic rings. The molecule has 0 aromatic carbocycles. The molecule has 0 radical (unpaired) electrons. The van der Waals surface area contributed by atoms with Crippen molar-refractivity contribution in [1.82, 2.24) is 9.55 Å². The quantitative estimate of drug-likeness (QED) is 0.0117. The number of anilines is 1. The zero-order chi connectivity index (χ0) is 53.6. The number of ether oxygens (including phenoxy) is 3. The fourth-order valence-corrected chi connectivity index (χ4v) is 9.42. The van der Waals surface area contributed by atoms with Crippen LogP contribution in [-0.4, -0.2) is 96.9 Å². The number of carbonyl (C=O) groups excluding carboxylic acids is 2. The Bertz CT molecular complexity index is 2020. The number of nitrogen functional groups attached to an aromatic ring is 1. The topological polar surface area (TPSA) is 286 Å². The second-order valence-corrected chi connectivity index (χ2v) is 20.9. The van der Waals surface area contributed by atoms with Crippen LogP contribution in [0.2, 0.25) is 0 Å². The molecule has 0 spiro atoms. The minimum absolute atomic E-state index is 0.0129. The molecule has 8 atom stereocenters. The lowest BCUT2D eigenvalue weighted by atomic mass is 10.1. The number of aromatic nitrogens is 2. The molecule has 1 aliphatic rings. The number of nitrogens with two attached hydrogens (primary N) is 1. The van der Waals surface area contributed by atoms with Gasteiger partial charge < -0.3 is 45.1 Å². The lowest BCUT2D eigenvalue weighted by Crippen LogP contribution is -2.36. The summed E-state index contributed by atoms with van der Waals surface area (Å²) in [6, 6.07) is 1.24. The number of aliphatic hydroxyl groups is 3. The van der Waals surface area contributed by atoms with Crippen molar-refractivity contribution in [1.29, 1.82) is 0 Å². The molecule has 1 fully saturated rings. The summed E-state index contributed by atoms with van der Waals surface area (Å²) in [7, 11) is -10.9. The van der Waals surface area contributed by atoms with Crippen LogP contribution in [0.1, 0.15) is 168 Å². The molecule has 2 rings (SSSR count). The number of unbranched alkanes of at least 4 members (excludes halogenated alkanes) is 14. The average molecular weight is 1070 g/mol. The summed E-state index contributed by atoms with van der Waals surface area (Å²) >= 11 is 0. The van der Waals surface area contributed by atoms with Crippen LogP contribution in [0.4, 0.5) is 5.82 Å². The van der Waals surface area contributed by atoms with E-state index < -0.39 is 89.8 Å². The smallest absolute Gasteiger partial charge is 0.462 e. The maximum absolute atomic E-state index is 12.9. The number of rotatable bonds is 42. The summed E-state index contributed by atoms with van der Waals surface area (Å²) in [5.74, 6) is -1.42. The van der Waals surface area contributed by atoms with Crippen LogP contribution in [0.25, 0.3) is 0 Å². The van der Waals surface area contributed by atoms with Crippen molar-refractivity contribution in [2.24, 2.45) is 0 Å². The summed E-state index contributed by atoms with van der Waals surface area (Å²) < 4.78 is 56.7. The van der Waals surface area contributed by atoms with Gasteiger partial charge in [0.05, 0.1) is 19.3 Å². The standard InChI is InChI=1S/C52H85N3O16P2/c1-3-5-7-9-11-12-13-14-15-16-17-18-19-20-25-29-33-37-48(58)69-44(40-66-47(57)36-32-28-24-22-21-23-27-31-35-43(56)34-30-26-10-8-6-4-2)41-67-72(62,63)71-73(64,65)68-42-45-49(59)50(60)51(70-45)55-39-38-46(53)54-52(55)61/h6,8,14-15,22-24,26-27,30-31,35,38-39,43-45,49-51,56,59-60H,3-5,7,9-13,16-21,25,28-29,32-34,36-37,40-42H2,1-2H3,(H,62,63)(H,64,65)(H2,53,54,61)/b8-6-,15-14-,24-22-,27-23-,30-26-,35-31+/t43?,44-,45-,49-,50-,51-/m1/s1. The minimum atomic E-state index is -5.45. The summed E-state index contributed by atoms with van der Waals surface area (Å²) in [5, 5.41) is 31.0. The zero-order valence-electron chi connectivity index (χ0n) is 43.0. The molecule has 0 aliphatic carbocycles. The Morgan fingerprint density at radius 2 is 1.33 bits per heavy atom. The van der Waals surface area contributed by atoms with Gasteiger partial charge in [0.25, 0.3) is 0 Å². The van der Waals surface area contributed by atoms with Crippen LogP contribution in [-0.2, 0) is 46.3 Å². The lowest BCUT2D eigenvalue weighted by molar-refractivity contribution is -0.161. The molecule has 414 valence electrons. The Morgan fingerprint density at radius 1 is 0.740 bits per heavy atom. The highest BCUT2D eigenvalue weighted by Crippen LogP contribution is 2.60. The van der Waals surface area contributed by atoms with Crippen molar-refractivity contribution in [3.05, 3.63) is 95.7 Å². The highest BCUT2D eigenvalue weighted by molar-refractivity contribution is 7.61. The first-order valence-corrected chi connectivity index (χ1v) is 29.0. The number of hydrogen-bond donors (Lipinski definition) is 6. The highest BCUT2D eigenvalue weighted by atomic mass is 31.3. The van der Waals surface area contributed by atoms with Gasteiger partial charge in [-0.2, -0.15) is 9.29 Å². The number of nitrogens with zero attached hydrogens (tertiary/aromatic N) is 2. The Labute approximate surface area is 432 Å². The van der Waals surface area contributed by atoms with Gasteiger partial charge in [-0.25, -0.2) is 13.9 Å². The zero-order valence-corrected chi connectivity index (χ0v) is 44.8. The van der Waals surface area contributed by atoms with Crippen molar-refractivity contribution in [3.8, 4) is 0 Å². The number of esters is 2. The van der Waals surface area contributed by atoms with Crippen molar-refractivity contribution >= 4 is 33.4 Å². The van der Waals surface area contributed by atoms with E-state index in [0.29, 0.717) is 32.1 Å². The van der Waals surface area contributed by atoms with Gasteiger partial charge in [-0.3, -0.25) is 23.2 Å². The molecular formula is C52H85N3O16P2. The molecule has 7 N–H and O–H groups in total. The van der Waals surface area contributed by atoms with Crippen molar-refractivity contribution in [2.75, 3.05) is 25.6 Å². The second kappa shape index (κ2) is 39.6. The van der Waals surface area contributed by atoms with E-state index in [0.717, 1.165) is 75.0 Å². The Morgan fingerprint density at radius 3 is 2.01 bits per heavy atom. The van der Waals surface area contributed by atoms with Gasteiger partial charge in [0.1, 0.15) is 30.7 Å². The third kappa shape index (κ3) is 32.3. The molecule has 73 heavy (non-hydrogen) atoms. The fourth-order valence-electron chi connectivity index (χ4n) is 7.31. The van der Waals surface area contributed by atoms with Crippen molar-refractivity contribution in [3.63, 3.8) is 0 Å². The van der Waals surface area contributed by atoms with E-state index in [2.05, 4.69) is 47.4 Å². The maximum Gasteiger partial charge on any atom is 0.481 e. The Balaban J connectivity index is 1.84. The summed E-state index contributed by atoms with van der Waals surface area (Å²) in [5.41, 5.74) is 4.58. The monoisotopic (exact) mass is 1070 g/mol. The molecule has 1 saturated heterocycles. The molecule has 0 saturated carbocycles. The normalized spacial score (nSPS) is 20.0. The average Bonchev–Trinajstić information content (AvgIpc) is 3.62. The van der Waals surface area contributed by atoms with Gasteiger partial charge in [-0.05, 0) is 76.7 Å². The van der Waals surface area contributed by atoms with Gasteiger partial charge in [-0.1, -0.05) is 151 Å². The van der Waals surface area contributed by atoms with Crippen LogP contribution in [0.3, 0.4) is 0 Å². The largest absolute Gasteiger partial charge is 0.481 e. The fraction of sp³-hybridized carbons (Fsp3) is 0.654. The van der Waals surface area contributed by atoms with E-state index in [1.807, 2.05) is 36.5 Å². The molecule has 0 amide bonds. The molecule has 3 unspecified atom stereocenters. The third-order valence-corrected chi connectivity index (χ3v) is 14.0. The molecular weight excluding hydrogens is 985 g/mol. The molecule has 19 nitrogen and oxygen atoms in total. The third-order valence-electron chi connectivity index (χ3n) is 11.4. The predicted octanol–water partition coefficient (Wildman–Crippen LogP) is 9.86. The summed E-state index contributed by atoms with van der Waals surface area (Å²) in [6.45, 7) is 1.90. The SMILES string of the molecule is CC/C=C\C/C=C\CC(O)/C=C/C=C\C/C=C\CCCC(=O)OC[C@H](COP(=O)(O)OP(=O)(O)OC[C@H]1O[C@@H](n2ccc(N)nc2=O)[C@H](O)[C@@H]1O)OC(=O)CCCCCCCCC/C=C\CCCCCCCC. The van der Waals surface area contributed by atoms with Crippen LogP contribution < -0.4 is 11.4 Å². The van der Waals surface area contributed by atoms with Gasteiger partial charge in [0, 0.05) is 19.0 Å². The maximum atomic E-state index is 12.9. The van der Waals surface area contributed by atoms with Gasteiger partial charge >= 0.3 is 33.3 Å². The highest BCUT2D eigenvalue weighted by Gasteiger charge is 2.46. The van der Waals surface area contributed by atoms with E-state index in [-0.39, 0.29) is 18.7 Å². The Hall–Kier alpha value is -3.84. The van der Waals surface area contributed by atoms with E-state index >= 15 is 0 Å². The molecule has 1 aromatic heterocycles. The van der Waals surface area contributed by atoms with Crippen LogP contribution in [0, 0.1) is 0 Å². The van der Waals surface area contributed by atoms with Crippen LogP contribution in [0.5, 0.6) is 0 Å². The van der Waals surface area contributed by atoms with E-state index in [1.54, 1.807) is 12.2 Å². The molecule has 1 aliphatic heterocycles. The number of aliphatic hydroxyl groups excluding tert-OH is 3. The second-order valence-electron chi connectivity index (χ2n) is 17.8. The molecule has 2 heterocycles. The summed E-state index contributed by atoms with van der Waals surface area (Å²) in [6.07, 6.45) is 37.2. The molecule has 0 bridgehead atoms. The number of hydrogen-bond acceptors (Lipinski definition) is 16. The first-order valence-electron chi connectivity index (χ1n) is 26.1. The number of carbonyl (C=O) groups is 2. The number of allylic oxidation sites excluding steroid dienone is 10. The van der Waals surface area contributed by atoms with Crippen LogP contribution >= 0.6 is 15.6 Å². The van der Waals surface area contributed by atoms with Gasteiger partial charge in [0.2, 0.25) is 0 Å².